The van der Waals surface area contributed by atoms with Crippen LogP contribution in [0, 0.1) is 0 Å². The third-order valence-electron chi connectivity index (χ3n) is 4.59. The summed E-state index contributed by atoms with van der Waals surface area (Å²) in [5.74, 6) is 0.590. The average Bonchev–Trinajstić information content (AvgIpc) is 3.13. The van der Waals surface area contributed by atoms with Gasteiger partial charge in [0.25, 0.3) is 0 Å². The van der Waals surface area contributed by atoms with Gasteiger partial charge in [-0.25, -0.2) is 4.79 Å². The van der Waals surface area contributed by atoms with Gasteiger partial charge in [-0.15, -0.1) is 0 Å². The molecule has 1 aliphatic rings. The fourth-order valence-corrected chi connectivity index (χ4v) is 3.30. The average molecular weight is 353 g/mol. The number of amides is 1. The van der Waals surface area contributed by atoms with Crippen LogP contribution in [0.5, 0.6) is 11.5 Å². The van der Waals surface area contributed by atoms with Crippen molar-refractivity contribution in [3.05, 3.63) is 60.2 Å². The number of nitrogens with zero attached hydrogens (tertiary/aromatic N) is 1. The Balaban J connectivity index is 1.51. The molecule has 2 aromatic carbocycles. The van der Waals surface area contributed by atoms with Crippen LogP contribution in [0.15, 0.2) is 54.6 Å². The van der Waals surface area contributed by atoms with Gasteiger partial charge in [0.05, 0.1) is 0 Å². The Kier molecular flexibility index (Phi) is 5.89. The number of carboxylic acid groups (broad SMARTS) is 1. The second-order valence-electron chi connectivity index (χ2n) is 6.50. The van der Waals surface area contributed by atoms with Crippen LogP contribution >= 0.6 is 0 Å². The first-order valence-electron chi connectivity index (χ1n) is 8.97. The van der Waals surface area contributed by atoms with Crippen molar-refractivity contribution in [1.29, 1.82) is 0 Å². The molecule has 0 aliphatic carbocycles. The minimum atomic E-state index is -0.901. The Bertz CT molecular complexity index is 760. The van der Waals surface area contributed by atoms with Crippen molar-refractivity contribution in [1.82, 2.24) is 4.90 Å². The number of hydrogen-bond acceptors (Lipinski definition) is 3. The third-order valence-corrected chi connectivity index (χ3v) is 4.59. The SMILES string of the molecule is O=C(O)[C@@H]1CCCN1C(=O)CCCc1cccc(Oc2ccccc2)c1. The second kappa shape index (κ2) is 8.52. The van der Waals surface area contributed by atoms with Crippen LogP contribution in [0.4, 0.5) is 0 Å². The molecule has 1 N–H and O–H groups in total. The molecule has 0 spiro atoms. The zero-order valence-corrected chi connectivity index (χ0v) is 14.6. The van der Waals surface area contributed by atoms with Crippen molar-refractivity contribution in [2.45, 2.75) is 38.1 Å². The molecule has 136 valence electrons. The Morgan fingerprint density at radius 3 is 2.62 bits per heavy atom. The molecule has 0 unspecified atom stereocenters. The van der Waals surface area contributed by atoms with Gasteiger partial charge in [0.15, 0.2) is 0 Å². The molecular weight excluding hydrogens is 330 g/mol. The second-order valence-corrected chi connectivity index (χ2v) is 6.50. The number of carboxylic acids is 1. The molecule has 0 bridgehead atoms. The largest absolute Gasteiger partial charge is 0.480 e. The normalized spacial score (nSPS) is 16.5. The van der Waals surface area contributed by atoms with E-state index in [1.54, 1.807) is 0 Å². The van der Waals surface area contributed by atoms with E-state index in [0.717, 1.165) is 29.9 Å². The van der Waals surface area contributed by atoms with Gasteiger partial charge in [0.1, 0.15) is 17.5 Å². The van der Waals surface area contributed by atoms with E-state index in [0.29, 0.717) is 25.8 Å². The number of benzene rings is 2. The molecule has 0 saturated carbocycles. The molecule has 1 heterocycles. The van der Waals surface area contributed by atoms with Crippen molar-refractivity contribution >= 4 is 11.9 Å². The topological polar surface area (TPSA) is 66.8 Å². The summed E-state index contributed by atoms with van der Waals surface area (Å²) in [4.78, 5) is 25.0. The Morgan fingerprint density at radius 1 is 1.08 bits per heavy atom. The van der Waals surface area contributed by atoms with Gasteiger partial charge in [-0.3, -0.25) is 4.79 Å². The molecule has 5 nitrogen and oxygen atoms in total. The number of rotatable bonds is 7. The quantitative estimate of drug-likeness (QED) is 0.820. The molecule has 1 aliphatic heterocycles. The molecule has 3 rings (SSSR count). The van der Waals surface area contributed by atoms with E-state index in [1.165, 1.54) is 4.90 Å². The number of ether oxygens (including phenoxy) is 1. The predicted octanol–water partition coefficient (Wildman–Crippen LogP) is 3.88. The summed E-state index contributed by atoms with van der Waals surface area (Å²) in [7, 11) is 0. The smallest absolute Gasteiger partial charge is 0.326 e. The number of aryl methyl sites for hydroxylation is 1. The van der Waals surface area contributed by atoms with Gasteiger partial charge >= 0.3 is 5.97 Å². The van der Waals surface area contributed by atoms with E-state index in [1.807, 2.05) is 54.6 Å². The van der Waals surface area contributed by atoms with E-state index in [9.17, 15) is 14.7 Å². The minimum absolute atomic E-state index is 0.0633. The fourth-order valence-electron chi connectivity index (χ4n) is 3.30. The maximum Gasteiger partial charge on any atom is 0.326 e. The minimum Gasteiger partial charge on any atom is -0.480 e. The summed E-state index contributed by atoms with van der Waals surface area (Å²) in [6, 6.07) is 16.8. The maximum absolute atomic E-state index is 12.3. The summed E-state index contributed by atoms with van der Waals surface area (Å²) in [6.07, 6.45) is 3.13. The maximum atomic E-state index is 12.3. The first-order chi connectivity index (χ1) is 12.6. The highest BCUT2D eigenvalue weighted by Gasteiger charge is 2.33. The number of para-hydroxylation sites is 1. The number of carbonyl (C=O) groups excluding carboxylic acids is 1. The first-order valence-corrected chi connectivity index (χ1v) is 8.97. The van der Waals surface area contributed by atoms with E-state index in [4.69, 9.17) is 4.74 Å². The highest BCUT2D eigenvalue weighted by molar-refractivity contribution is 5.84. The van der Waals surface area contributed by atoms with Crippen molar-refractivity contribution < 1.29 is 19.4 Å². The zero-order valence-electron chi connectivity index (χ0n) is 14.6. The van der Waals surface area contributed by atoms with Crippen LogP contribution in [-0.2, 0) is 16.0 Å². The lowest BCUT2D eigenvalue weighted by Crippen LogP contribution is -2.40. The van der Waals surface area contributed by atoms with Gasteiger partial charge in [0, 0.05) is 13.0 Å². The van der Waals surface area contributed by atoms with Crippen LogP contribution in [0.2, 0.25) is 0 Å². The number of aliphatic carboxylic acids is 1. The van der Waals surface area contributed by atoms with Crippen LogP contribution in [0.25, 0.3) is 0 Å². The zero-order chi connectivity index (χ0) is 18.4. The monoisotopic (exact) mass is 353 g/mol. The fraction of sp³-hybridized carbons (Fsp3) is 0.333. The van der Waals surface area contributed by atoms with Crippen LogP contribution in [0.3, 0.4) is 0 Å². The number of hydrogen-bond donors (Lipinski definition) is 1. The van der Waals surface area contributed by atoms with Gasteiger partial charge in [0.2, 0.25) is 5.91 Å². The van der Waals surface area contributed by atoms with Gasteiger partial charge in [-0.05, 0) is 55.5 Å². The van der Waals surface area contributed by atoms with Gasteiger partial charge < -0.3 is 14.7 Å². The molecule has 2 aromatic rings. The predicted molar refractivity (Wildman–Crippen MR) is 98.3 cm³/mol. The number of likely N-dealkylation sites (tertiary alicyclic amines) is 1. The Hall–Kier alpha value is -2.82. The summed E-state index contributed by atoms with van der Waals surface area (Å²) in [5, 5.41) is 9.18. The molecule has 5 heteroatoms. The van der Waals surface area contributed by atoms with Crippen LogP contribution < -0.4 is 4.74 Å². The summed E-state index contributed by atoms with van der Waals surface area (Å²) >= 11 is 0. The third kappa shape index (κ3) is 4.63. The molecule has 1 amide bonds. The van der Waals surface area contributed by atoms with E-state index in [-0.39, 0.29) is 5.91 Å². The molecule has 1 saturated heterocycles. The van der Waals surface area contributed by atoms with Crippen molar-refractivity contribution in [3.8, 4) is 11.5 Å². The Labute approximate surface area is 153 Å². The van der Waals surface area contributed by atoms with Gasteiger partial charge in [-0.1, -0.05) is 30.3 Å². The highest BCUT2D eigenvalue weighted by Crippen LogP contribution is 2.23. The first kappa shape index (κ1) is 18.0. The van der Waals surface area contributed by atoms with Crippen molar-refractivity contribution in [3.63, 3.8) is 0 Å². The lowest BCUT2D eigenvalue weighted by molar-refractivity contribution is -0.148. The van der Waals surface area contributed by atoms with E-state index in [2.05, 4.69) is 0 Å². The Morgan fingerprint density at radius 2 is 1.85 bits per heavy atom. The summed E-state index contributed by atoms with van der Waals surface area (Å²) < 4.78 is 5.83. The molecular formula is C21H23NO4. The van der Waals surface area contributed by atoms with Crippen molar-refractivity contribution in [2.75, 3.05) is 6.54 Å². The van der Waals surface area contributed by atoms with Crippen LogP contribution in [-0.4, -0.2) is 34.5 Å². The highest BCUT2D eigenvalue weighted by atomic mass is 16.5. The van der Waals surface area contributed by atoms with E-state index >= 15 is 0 Å². The van der Waals surface area contributed by atoms with Crippen LogP contribution in [0.1, 0.15) is 31.2 Å². The van der Waals surface area contributed by atoms with Crippen molar-refractivity contribution in [2.24, 2.45) is 0 Å². The summed E-state index contributed by atoms with van der Waals surface area (Å²) in [5.41, 5.74) is 1.10. The molecule has 1 fully saturated rings. The molecule has 1 atom stereocenters. The molecule has 26 heavy (non-hydrogen) atoms. The summed E-state index contributed by atoms with van der Waals surface area (Å²) in [6.45, 7) is 0.552. The molecule has 0 radical (unpaired) electrons. The lowest BCUT2D eigenvalue weighted by Gasteiger charge is -2.21. The molecule has 0 aromatic heterocycles. The van der Waals surface area contributed by atoms with E-state index < -0.39 is 12.0 Å². The number of carbonyl (C=O) groups is 2. The standard InChI is InChI=1S/C21H23NO4/c23-20(22-14-6-12-19(22)21(24)25)13-5-8-16-7-4-11-18(15-16)26-17-9-2-1-3-10-17/h1-4,7,9-11,15,19H,5-6,8,12-14H2,(H,24,25)/t19-/m0/s1. The lowest BCUT2D eigenvalue weighted by atomic mass is 10.1. The van der Waals surface area contributed by atoms with Gasteiger partial charge in [-0.2, -0.15) is 0 Å².